The summed E-state index contributed by atoms with van der Waals surface area (Å²) in [5.41, 5.74) is 2.25. The minimum Gasteiger partial charge on any atom is -0.395 e. The van der Waals surface area contributed by atoms with E-state index in [1.165, 1.54) is 24.3 Å². The van der Waals surface area contributed by atoms with Gasteiger partial charge in [0.25, 0.3) is 0 Å². The van der Waals surface area contributed by atoms with Crippen molar-refractivity contribution in [1.29, 1.82) is 0 Å². The number of aromatic nitrogens is 1. The van der Waals surface area contributed by atoms with Crippen LogP contribution in [0.4, 0.5) is 8.78 Å². The zero-order chi connectivity index (χ0) is 19.2. The van der Waals surface area contributed by atoms with Gasteiger partial charge in [0.2, 0.25) is 10.0 Å². The van der Waals surface area contributed by atoms with Crippen molar-refractivity contribution in [2.45, 2.75) is 23.5 Å². The smallest absolute Gasteiger partial charge is 0.243 e. The van der Waals surface area contributed by atoms with Gasteiger partial charge < -0.3 is 10.1 Å². The Kier molecular flexibility index (Phi) is 4.49. The number of alkyl halides is 1. The van der Waals surface area contributed by atoms with Crippen LogP contribution in [-0.2, 0) is 10.0 Å². The van der Waals surface area contributed by atoms with Crippen molar-refractivity contribution in [3.8, 4) is 11.1 Å². The lowest BCUT2D eigenvalue weighted by Crippen LogP contribution is -2.37. The molecule has 2 aromatic carbocycles. The summed E-state index contributed by atoms with van der Waals surface area (Å²) < 4.78 is 53.6. The van der Waals surface area contributed by atoms with Crippen LogP contribution in [0, 0.1) is 5.82 Å². The van der Waals surface area contributed by atoms with Gasteiger partial charge >= 0.3 is 0 Å². The Bertz CT molecular complexity index is 1080. The van der Waals surface area contributed by atoms with Crippen molar-refractivity contribution in [3.05, 3.63) is 54.5 Å². The van der Waals surface area contributed by atoms with Gasteiger partial charge in [0.1, 0.15) is 12.0 Å². The van der Waals surface area contributed by atoms with Gasteiger partial charge in [-0.1, -0.05) is 12.1 Å². The van der Waals surface area contributed by atoms with Gasteiger partial charge in [0.15, 0.2) is 0 Å². The lowest BCUT2D eigenvalue weighted by Gasteiger charge is -2.22. The first-order valence-corrected chi connectivity index (χ1v) is 9.98. The molecular formula is C19H18F2N2O3S. The molecule has 2 heterocycles. The molecule has 8 heteroatoms. The van der Waals surface area contributed by atoms with Crippen molar-refractivity contribution in [3.63, 3.8) is 0 Å². The van der Waals surface area contributed by atoms with Crippen molar-refractivity contribution < 1.29 is 22.3 Å². The summed E-state index contributed by atoms with van der Waals surface area (Å²) in [5.74, 6) is -0.340. The highest BCUT2D eigenvalue weighted by atomic mass is 32.2. The number of sulfonamides is 1. The number of hydrogen-bond donors (Lipinski definition) is 2. The van der Waals surface area contributed by atoms with E-state index in [0.29, 0.717) is 5.52 Å². The second kappa shape index (κ2) is 6.70. The van der Waals surface area contributed by atoms with Crippen LogP contribution >= 0.6 is 0 Å². The number of hydrogen-bond acceptors (Lipinski definition) is 3. The molecule has 0 bridgehead atoms. The van der Waals surface area contributed by atoms with Crippen LogP contribution in [0.3, 0.4) is 0 Å². The average Bonchev–Trinajstić information content (AvgIpc) is 3.25. The first kappa shape index (κ1) is 18.1. The van der Waals surface area contributed by atoms with Gasteiger partial charge in [-0.3, -0.25) is 0 Å². The van der Waals surface area contributed by atoms with E-state index in [-0.39, 0.29) is 23.7 Å². The van der Waals surface area contributed by atoms with Gasteiger partial charge in [-0.05, 0) is 42.3 Å². The molecule has 142 valence electrons. The van der Waals surface area contributed by atoms with Crippen LogP contribution in [0.15, 0.2) is 53.6 Å². The van der Waals surface area contributed by atoms with Crippen LogP contribution in [-0.4, -0.2) is 48.2 Å². The number of H-pyrrole nitrogens is 1. The Balaban J connectivity index is 1.67. The fourth-order valence-electron chi connectivity index (χ4n) is 3.57. The van der Waals surface area contributed by atoms with Crippen molar-refractivity contribution in [1.82, 2.24) is 9.29 Å². The van der Waals surface area contributed by atoms with E-state index in [0.717, 1.165) is 20.8 Å². The van der Waals surface area contributed by atoms with Gasteiger partial charge in [0, 0.05) is 29.2 Å². The molecular weight excluding hydrogens is 374 g/mol. The fraction of sp³-hybridized carbons (Fsp3) is 0.263. The molecule has 0 amide bonds. The first-order valence-electron chi connectivity index (χ1n) is 8.54. The number of benzene rings is 2. The van der Waals surface area contributed by atoms with E-state index in [4.69, 9.17) is 0 Å². The summed E-state index contributed by atoms with van der Waals surface area (Å²) in [6, 6.07) is 9.94. The molecule has 1 fully saturated rings. The van der Waals surface area contributed by atoms with Crippen LogP contribution in [0.25, 0.3) is 22.0 Å². The molecule has 5 nitrogen and oxygen atoms in total. The van der Waals surface area contributed by atoms with Gasteiger partial charge in [-0.25, -0.2) is 17.2 Å². The minimum atomic E-state index is -3.89. The Morgan fingerprint density at radius 3 is 2.63 bits per heavy atom. The van der Waals surface area contributed by atoms with Crippen LogP contribution in [0.2, 0.25) is 0 Å². The summed E-state index contributed by atoms with van der Waals surface area (Å²) >= 11 is 0. The number of nitrogens with one attached hydrogen (secondary N) is 1. The van der Waals surface area contributed by atoms with E-state index in [9.17, 15) is 22.3 Å². The highest BCUT2D eigenvalue weighted by molar-refractivity contribution is 7.89. The van der Waals surface area contributed by atoms with E-state index < -0.39 is 28.8 Å². The molecule has 27 heavy (non-hydrogen) atoms. The van der Waals surface area contributed by atoms with Gasteiger partial charge in [-0.15, -0.1) is 0 Å². The molecule has 2 N–H and O–H groups in total. The standard InChI is InChI=1S/C19H18F2N2O3S/c20-13-3-6-17-18(9-22-19(17)8-13)12-1-4-16(5-2-12)27(25,26)23-10-14(21)7-15(23)11-24/h1-6,8-9,14-15,22,24H,7,10-11H2/t14-,15+/m0/s1. The zero-order valence-corrected chi connectivity index (χ0v) is 15.1. The summed E-state index contributed by atoms with van der Waals surface area (Å²) in [4.78, 5) is 3.05. The molecule has 1 saturated heterocycles. The quantitative estimate of drug-likeness (QED) is 0.717. The number of aliphatic hydroxyl groups is 1. The predicted molar refractivity (Wildman–Crippen MR) is 98.0 cm³/mol. The zero-order valence-electron chi connectivity index (χ0n) is 14.3. The lowest BCUT2D eigenvalue weighted by molar-refractivity contribution is 0.213. The number of aromatic amines is 1. The monoisotopic (exact) mass is 392 g/mol. The number of halogens is 2. The summed E-state index contributed by atoms with van der Waals surface area (Å²) in [5, 5.41) is 10.2. The van der Waals surface area contributed by atoms with Crippen LogP contribution in [0.5, 0.6) is 0 Å². The Morgan fingerprint density at radius 1 is 1.19 bits per heavy atom. The predicted octanol–water partition coefficient (Wildman–Crippen LogP) is 3.07. The second-order valence-corrected chi connectivity index (χ2v) is 8.55. The van der Waals surface area contributed by atoms with Gasteiger partial charge in [0.05, 0.1) is 17.5 Å². The Hall–Kier alpha value is -2.29. The second-order valence-electron chi connectivity index (χ2n) is 6.66. The number of aliphatic hydroxyl groups excluding tert-OH is 1. The topological polar surface area (TPSA) is 73.4 Å². The lowest BCUT2D eigenvalue weighted by atomic mass is 10.1. The maximum absolute atomic E-state index is 13.6. The largest absolute Gasteiger partial charge is 0.395 e. The third-order valence-electron chi connectivity index (χ3n) is 4.94. The Morgan fingerprint density at radius 2 is 1.93 bits per heavy atom. The SMILES string of the molecule is O=S(=O)(c1ccc(-c2c[nH]c3cc(F)ccc23)cc1)N1C[C@@H](F)C[C@@H]1CO. The highest BCUT2D eigenvalue weighted by Gasteiger charge is 2.40. The number of rotatable bonds is 4. The molecule has 4 rings (SSSR count). The molecule has 2 atom stereocenters. The molecule has 0 saturated carbocycles. The summed E-state index contributed by atoms with van der Waals surface area (Å²) in [6.07, 6.45) is 0.464. The third-order valence-corrected chi connectivity index (χ3v) is 6.87. The first-order chi connectivity index (χ1) is 12.9. The molecule has 1 aliphatic rings. The molecule has 1 aliphatic heterocycles. The number of nitrogens with zero attached hydrogens (tertiary/aromatic N) is 1. The van der Waals surface area contributed by atoms with Crippen molar-refractivity contribution in [2.24, 2.45) is 0 Å². The fourth-order valence-corrected chi connectivity index (χ4v) is 5.22. The molecule has 3 aromatic rings. The van der Waals surface area contributed by atoms with Crippen LogP contribution in [0.1, 0.15) is 6.42 Å². The molecule has 1 aromatic heterocycles. The Labute approximate surface area is 155 Å². The molecule has 0 aliphatic carbocycles. The van der Waals surface area contributed by atoms with Gasteiger partial charge in [-0.2, -0.15) is 4.31 Å². The average molecular weight is 392 g/mol. The maximum atomic E-state index is 13.6. The maximum Gasteiger partial charge on any atom is 0.243 e. The molecule has 0 unspecified atom stereocenters. The van der Waals surface area contributed by atoms with E-state index in [1.807, 2.05) is 0 Å². The normalized spacial score (nSPS) is 21.1. The van der Waals surface area contributed by atoms with Crippen molar-refractivity contribution >= 4 is 20.9 Å². The third kappa shape index (κ3) is 3.13. The van der Waals surface area contributed by atoms with Crippen LogP contribution < -0.4 is 0 Å². The molecule has 0 radical (unpaired) electrons. The van der Waals surface area contributed by atoms with E-state index in [2.05, 4.69) is 4.98 Å². The summed E-state index contributed by atoms with van der Waals surface area (Å²) in [7, 11) is -3.89. The highest BCUT2D eigenvalue weighted by Crippen LogP contribution is 2.32. The van der Waals surface area contributed by atoms with E-state index >= 15 is 0 Å². The van der Waals surface area contributed by atoms with E-state index in [1.54, 1.807) is 24.4 Å². The molecule has 0 spiro atoms. The van der Waals surface area contributed by atoms with Crippen molar-refractivity contribution in [2.75, 3.05) is 13.2 Å². The summed E-state index contributed by atoms with van der Waals surface area (Å²) in [6.45, 7) is -0.660. The minimum absolute atomic E-state index is 0.000285. The number of fused-ring (bicyclic) bond motifs is 1.